The minimum absolute atomic E-state index is 0.0143. The first-order valence-corrected chi connectivity index (χ1v) is 14.8. The van der Waals surface area contributed by atoms with Crippen LogP contribution in [0.2, 0.25) is 0 Å². The minimum Gasteiger partial charge on any atom is -0.507 e. The van der Waals surface area contributed by atoms with E-state index in [4.69, 9.17) is 28.4 Å². The summed E-state index contributed by atoms with van der Waals surface area (Å²) in [7, 11) is 2.99. The van der Waals surface area contributed by atoms with Gasteiger partial charge in [0.05, 0.1) is 26.3 Å². The molecule has 4 N–H and O–H groups in total. The van der Waals surface area contributed by atoms with Gasteiger partial charge in [-0.05, 0) is 47.5 Å². The van der Waals surface area contributed by atoms with Crippen molar-refractivity contribution in [3.63, 3.8) is 0 Å². The summed E-state index contributed by atoms with van der Waals surface area (Å²) in [5.74, 6) is 2.82. The number of methoxy groups -OCH3 is 2. The maximum absolute atomic E-state index is 11.2. The molecule has 7 rings (SSSR count). The molecule has 0 saturated carbocycles. The number of piperazine rings is 1. The van der Waals surface area contributed by atoms with Crippen LogP contribution in [0.1, 0.15) is 34.3 Å². The van der Waals surface area contributed by atoms with E-state index in [1.165, 1.54) is 14.2 Å². The van der Waals surface area contributed by atoms with Gasteiger partial charge in [-0.2, -0.15) is 0 Å². The molecule has 3 heterocycles. The lowest BCUT2D eigenvalue weighted by atomic mass is 9.92. The topological polar surface area (TPSA) is 143 Å². The van der Waals surface area contributed by atoms with E-state index in [0.29, 0.717) is 71.8 Å². The van der Waals surface area contributed by atoms with E-state index in [2.05, 4.69) is 9.80 Å². The number of phenolic OH excluding ortho intramolecular Hbond substituents is 4. The highest BCUT2D eigenvalue weighted by molar-refractivity contribution is 5.57. The van der Waals surface area contributed by atoms with Crippen LogP contribution in [0.4, 0.5) is 0 Å². The molecule has 0 amide bonds. The van der Waals surface area contributed by atoms with Crippen molar-refractivity contribution < 1.29 is 48.8 Å². The second-order valence-electron chi connectivity index (χ2n) is 11.3. The van der Waals surface area contributed by atoms with Crippen LogP contribution < -0.4 is 28.4 Å². The second kappa shape index (κ2) is 12.0. The summed E-state index contributed by atoms with van der Waals surface area (Å²) in [5.41, 5.74) is 2.87. The van der Waals surface area contributed by atoms with Gasteiger partial charge in [-0.1, -0.05) is 12.1 Å². The Morgan fingerprint density at radius 1 is 0.522 bits per heavy atom. The summed E-state index contributed by atoms with van der Waals surface area (Å²) in [5, 5.41) is 43.1. The van der Waals surface area contributed by atoms with E-state index in [1.807, 2.05) is 12.1 Å². The lowest BCUT2D eigenvalue weighted by Gasteiger charge is -2.43. The first-order valence-electron chi connectivity index (χ1n) is 14.8. The molecule has 3 aliphatic heterocycles. The summed E-state index contributed by atoms with van der Waals surface area (Å²) >= 11 is 0. The Bertz CT molecular complexity index is 1640. The van der Waals surface area contributed by atoms with Gasteiger partial charge in [0.1, 0.15) is 11.5 Å². The molecule has 46 heavy (non-hydrogen) atoms. The van der Waals surface area contributed by atoms with Crippen LogP contribution in [0.5, 0.6) is 57.5 Å². The molecule has 12 heteroatoms. The molecule has 0 bridgehead atoms. The maximum atomic E-state index is 11.2. The number of hydrogen-bond acceptors (Lipinski definition) is 12. The van der Waals surface area contributed by atoms with Crippen LogP contribution in [0.3, 0.4) is 0 Å². The zero-order valence-corrected chi connectivity index (χ0v) is 25.3. The van der Waals surface area contributed by atoms with Crippen molar-refractivity contribution >= 4 is 0 Å². The molecule has 12 nitrogen and oxygen atoms in total. The third-order valence-electron chi connectivity index (χ3n) is 8.75. The third-order valence-corrected chi connectivity index (χ3v) is 8.75. The number of ether oxygens (including phenoxy) is 6. The highest BCUT2D eigenvalue weighted by atomic mass is 16.7. The standard InChI is InChI=1S/C34H34N2O10/c1-41-27-11-19(3-5-23(27)37)33(21-13-29-31(15-25(21)39)45-17-43-29)35-7-9-36(10-8-35)34(20-4-6-24(38)28(12-20)42-2)22-14-30-32(16-26(22)40)46-18-44-30/h3-6,11-16,33-34,37-40H,7-10,17-18H2,1-2H3. The minimum atomic E-state index is -0.419. The van der Waals surface area contributed by atoms with E-state index < -0.39 is 12.1 Å². The zero-order valence-electron chi connectivity index (χ0n) is 25.3. The van der Waals surface area contributed by atoms with E-state index >= 15 is 0 Å². The van der Waals surface area contributed by atoms with Crippen molar-refractivity contribution in [2.24, 2.45) is 0 Å². The number of benzene rings is 4. The first-order chi connectivity index (χ1) is 22.3. The van der Waals surface area contributed by atoms with Gasteiger partial charge in [0, 0.05) is 49.4 Å². The maximum Gasteiger partial charge on any atom is 0.231 e. The molecule has 1 fully saturated rings. The van der Waals surface area contributed by atoms with Gasteiger partial charge in [0.25, 0.3) is 0 Å². The average Bonchev–Trinajstić information content (AvgIpc) is 3.72. The number of phenols is 4. The highest BCUT2D eigenvalue weighted by Gasteiger charge is 2.35. The molecule has 1 saturated heterocycles. The van der Waals surface area contributed by atoms with E-state index in [9.17, 15) is 20.4 Å². The molecule has 0 aliphatic carbocycles. The predicted molar refractivity (Wildman–Crippen MR) is 165 cm³/mol. The Kier molecular flexibility index (Phi) is 7.67. The van der Waals surface area contributed by atoms with Crippen molar-refractivity contribution in [3.8, 4) is 57.5 Å². The van der Waals surface area contributed by atoms with Crippen LogP contribution >= 0.6 is 0 Å². The average molecular weight is 631 g/mol. The van der Waals surface area contributed by atoms with Crippen LogP contribution in [0.15, 0.2) is 60.7 Å². The third kappa shape index (κ3) is 5.25. The Hall–Kier alpha value is -5.20. The number of rotatable bonds is 8. The normalized spacial score (nSPS) is 17.1. The summed E-state index contributed by atoms with van der Waals surface area (Å²) in [6, 6.07) is 16.2. The predicted octanol–water partition coefficient (Wildman–Crippen LogP) is 4.48. The number of hydrogen-bond donors (Lipinski definition) is 4. The molecule has 2 atom stereocenters. The Balaban J connectivity index is 1.25. The van der Waals surface area contributed by atoms with Crippen LogP contribution in [0, 0.1) is 0 Å². The van der Waals surface area contributed by atoms with Gasteiger partial charge >= 0.3 is 0 Å². The highest BCUT2D eigenvalue weighted by Crippen LogP contribution is 2.47. The van der Waals surface area contributed by atoms with Gasteiger partial charge < -0.3 is 48.8 Å². The molecule has 3 aliphatic rings. The van der Waals surface area contributed by atoms with Gasteiger partial charge in [-0.25, -0.2) is 0 Å². The number of nitrogens with zero attached hydrogens (tertiary/aromatic N) is 2. The van der Waals surface area contributed by atoms with Crippen LogP contribution in [0.25, 0.3) is 0 Å². The molecular formula is C34H34N2O10. The van der Waals surface area contributed by atoms with Crippen LogP contribution in [-0.2, 0) is 0 Å². The molecule has 0 aromatic heterocycles. The molecule has 4 aromatic rings. The van der Waals surface area contributed by atoms with Crippen molar-refractivity contribution in [2.75, 3.05) is 54.0 Å². The lowest BCUT2D eigenvalue weighted by molar-refractivity contribution is 0.0881. The SMILES string of the molecule is COc1cc(C(c2cc3c(cc2O)OCO3)N2CCN(C(c3ccc(O)c(OC)c3)c3cc4c(cc3O)OCO4)CC2)ccc1O. The number of fused-ring (bicyclic) bond motifs is 2. The van der Waals surface area contributed by atoms with Crippen LogP contribution in [-0.4, -0.2) is 84.2 Å². The van der Waals surface area contributed by atoms with Crippen molar-refractivity contribution in [1.82, 2.24) is 9.80 Å². The lowest BCUT2D eigenvalue weighted by Crippen LogP contribution is -2.49. The summed E-state index contributed by atoms with van der Waals surface area (Å²) in [6.07, 6.45) is 0. The molecule has 240 valence electrons. The molecular weight excluding hydrogens is 596 g/mol. The number of aromatic hydroxyl groups is 4. The van der Waals surface area contributed by atoms with E-state index in [-0.39, 0.29) is 36.6 Å². The monoisotopic (exact) mass is 630 g/mol. The van der Waals surface area contributed by atoms with E-state index in [0.717, 1.165) is 11.1 Å². The molecule has 4 aromatic carbocycles. The summed E-state index contributed by atoms with van der Waals surface area (Å²) in [4.78, 5) is 4.49. The van der Waals surface area contributed by atoms with E-state index in [1.54, 1.807) is 48.5 Å². The summed E-state index contributed by atoms with van der Waals surface area (Å²) < 4.78 is 33.1. The van der Waals surface area contributed by atoms with Crippen molar-refractivity contribution in [2.45, 2.75) is 12.1 Å². The fourth-order valence-electron chi connectivity index (χ4n) is 6.49. The van der Waals surface area contributed by atoms with Crippen molar-refractivity contribution in [1.29, 1.82) is 0 Å². The van der Waals surface area contributed by atoms with Gasteiger partial charge in [0.2, 0.25) is 13.6 Å². The van der Waals surface area contributed by atoms with Gasteiger partial charge in [-0.15, -0.1) is 0 Å². The molecule has 0 radical (unpaired) electrons. The quantitative estimate of drug-likeness (QED) is 0.218. The fourth-order valence-corrected chi connectivity index (χ4v) is 6.49. The van der Waals surface area contributed by atoms with Crippen molar-refractivity contribution in [3.05, 3.63) is 82.9 Å². The van der Waals surface area contributed by atoms with Gasteiger partial charge in [0.15, 0.2) is 46.0 Å². The largest absolute Gasteiger partial charge is 0.507 e. The Labute approximate surface area is 265 Å². The zero-order chi connectivity index (χ0) is 31.9. The Morgan fingerprint density at radius 3 is 1.26 bits per heavy atom. The molecule has 0 spiro atoms. The first kappa shape index (κ1) is 29.5. The molecule has 2 unspecified atom stereocenters. The smallest absolute Gasteiger partial charge is 0.231 e. The van der Waals surface area contributed by atoms with Gasteiger partial charge in [-0.3, -0.25) is 9.80 Å². The fraction of sp³-hybridized carbons (Fsp3) is 0.294. The Morgan fingerprint density at radius 2 is 0.891 bits per heavy atom. The summed E-state index contributed by atoms with van der Waals surface area (Å²) in [6.45, 7) is 2.42. The second-order valence-corrected chi connectivity index (χ2v) is 11.3.